The number of rotatable bonds is 6. The van der Waals surface area contributed by atoms with Crippen molar-refractivity contribution in [3.63, 3.8) is 0 Å². The number of benzene rings is 2. The van der Waals surface area contributed by atoms with Crippen LogP contribution in [0.3, 0.4) is 0 Å². The molecule has 0 radical (unpaired) electrons. The van der Waals surface area contributed by atoms with Gasteiger partial charge in [0.1, 0.15) is 5.75 Å². The first-order valence-corrected chi connectivity index (χ1v) is 7.54. The van der Waals surface area contributed by atoms with Gasteiger partial charge in [0, 0.05) is 18.7 Å². The zero-order chi connectivity index (χ0) is 17.5. The Morgan fingerprint density at radius 2 is 1.75 bits per heavy atom. The third kappa shape index (κ3) is 4.45. The van der Waals surface area contributed by atoms with Gasteiger partial charge in [-0.1, -0.05) is 23.7 Å². The first kappa shape index (κ1) is 17.7. The number of anilines is 1. The molecular formula is C17H19ClN2O4. The van der Waals surface area contributed by atoms with Crippen LogP contribution < -0.4 is 24.8 Å². The van der Waals surface area contributed by atoms with Crippen LogP contribution in [0.2, 0.25) is 5.02 Å². The molecule has 2 rings (SSSR count). The lowest BCUT2D eigenvalue weighted by Crippen LogP contribution is -2.28. The largest absolute Gasteiger partial charge is 0.497 e. The topological polar surface area (TPSA) is 68.8 Å². The SMILES string of the molecule is COc1cccc(CNC(=O)Nc2cc(OC)c(OC)cc2Cl)c1. The summed E-state index contributed by atoms with van der Waals surface area (Å²) in [5.41, 5.74) is 1.35. The summed E-state index contributed by atoms with van der Waals surface area (Å²) >= 11 is 6.14. The molecule has 0 aliphatic rings. The summed E-state index contributed by atoms with van der Waals surface area (Å²) in [7, 11) is 4.62. The van der Waals surface area contributed by atoms with E-state index in [1.807, 2.05) is 24.3 Å². The fourth-order valence-corrected chi connectivity index (χ4v) is 2.28. The maximum absolute atomic E-state index is 12.1. The molecule has 0 bridgehead atoms. The Morgan fingerprint density at radius 1 is 1.04 bits per heavy atom. The Balaban J connectivity index is 2.01. The minimum atomic E-state index is -0.382. The molecule has 0 fully saturated rings. The van der Waals surface area contributed by atoms with Crippen LogP contribution in [-0.2, 0) is 6.54 Å². The van der Waals surface area contributed by atoms with E-state index in [9.17, 15) is 4.79 Å². The van der Waals surface area contributed by atoms with E-state index in [0.717, 1.165) is 11.3 Å². The number of carbonyl (C=O) groups is 1. The van der Waals surface area contributed by atoms with Crippen LogP contribution >= 0.6 is 11.6 Å². The van der Waals surface area contributed by atoms with Crippen LogP contribution in [0.1, 0.15) is 5.56 Å². The van der Waals surface area contributed by atoms with Crippen molar-refractivity contribution in [3.8, 4) is 17.2 Å². The number of amides is 2. The minimum Gasteiger partial charge on any atom is -0.497 e. The number of halogens is 1. The number of ether oxygens (including phenoxy) is 3. The molecule has 0 heterocycles. The first-order chi connectivity index (χ1) is 11.6. The molecule has 2 aromatic rings. The van der Waals surface area contributed by atoms with E-state index in [0.29, 0.717) is 28.8 Å². The summed E-state index contributed by atoms with van der Waals surface area (Å²) in [6.45, 7) is 0.355. The molecular weight excluding hydrogens is 332 g/mol. The van der Waals surface area contributed by atoms with Gasteiger partial charge in [-0.25, -0.2) is 4.79 Å². The number of hydrogen-bond acceptors (Lipinski definition) is 4. The molecule has 0 aromatic heterocycles. The van der Waals surface area contributed by atoms with Crippen LogP contribution in [0.5, 0.6) is 17.2 Å². The lowest BCUT2D eigenvalue weighted by atomic mass is 10.2. The molecule has 0 spiro atoms. The average Bonchev–Trinajstić information content (AvgIpc) is 2.61. The van der Waals surface area contributed by atoms with Crippen molar-refractivity contribution >= 4 is 23.3 Å². The molecule has 0 unspecified atom stereocenters. The second-order valence-corrected chi connectivity index (χ2v) is 5.25. The smallest absolute Gasteiger partial charge is 0.319 e. The van der Waals surface area contributed by atoms with E-state index in [4.69, 9.17) is 25.8 Å². The van der Waals surface area contributed by atoms with Gasteiger partial charge in [0.25, 0.3) is 0 Å². The van der Waals surface area contributed by atoms with E-state index in [2.05, 4.69) is 10.6 Å². The van der Waals surface area contributed by atoms with E-state index in [-0.39, 0.29) is 6.03 Å². The van der Waals surface area contributed by atoms with Crippen LogP contribution in [0.4, 0.5) is 10.5 Å². The van der Waals surface area contributed by atoms with Crippen molar-refractivity contribution in [2.24, 2.45) is 0 Å². The predicted octanol–water partition coefficient (Wildman–Crippen LogP) is 3.69. The van der Waals surface area contributed by atoms with Gasteiger partial charge in [-0.3, -0.25) is 0 Å². The Labute approximate surface area is 145 Å². The average molecular weight is 351 g/mol. The minimum absolute atomic E-state index is 0.351. The second-order valence-electron chi connectivity index (χ2n) is 4.85. The summed E-state index contributed by atoms with van der Waals surface area (Å²) in [4.78, 5) is 12.1. The fourth-order valence-electron chi connectivity index (χ4n) is 2.08. The third-order valence-corrected chi connectivity index (χ3v) is 3.62. The molecule has 0 aliphatic carbocycles. The fraction of sp³-hybridized carbons (Fsp3) is 0.235. The number of hydrogen-bond donors (Lipinski definition) is 2. The summed E-state index contributed by atoms with van der Waals surface area (Å²) in [6, 6.07) is 10.2. The normalized spacial score (nSPS) is 10.0. The van der Waals surface area contributed by atoms with E-state index in [1.165, 1.54) is 14.2 Å². The number of urea groups is 1. The van der Waals surface area contributed by atoms with Gasteiger partial charge >= 0.3 is 6.03 Å². The zero-order valence-corrected chi connectivity index (χ0v) is 14.4. The predicted molar refractivity (Wildman–Crippen MR) is 93.4 cm³/mol. The summed E-state index contributed by atoms with van der Waals surface area (Å²) in [6.07, 6.45) is 0. The number of carbonyl (C=O) groups excluding carboxylic acids is 1. The van der Waals surface area contributed by atoms with Gasteiger partial charge in [-0.05, 0) is 17.7 Å². The Kier molecular flexibility index (Phi) is 6.14. The lowest BCUT2D eigenvalue weighted by molar-refractivity contribution is 0.251. The zero-order valence-electron chi connectivity index (χ0n) is 13.7. The molecule has 0 saturated carbocycles. The van der Waals surface area contributed by atoms with Gasteiger partial charge < -0.3 is 24.8 Å². The molecule has 2 N–H and O–H groups in total. The highest BCUT2D eigenvalue weighted by atomic mass is 35.5. The quantitative estimate of drug-likeness (QED) is 0.833. The van der Waals surface area contributed by atoms with Crippen LogP contribution in [-0.4, -0.2) is 27.4 Å². The maximum Gasteiger partial charge on any atom is 0.319 e. The number of nitrogens with one attached hydrogen (secondary N) is 2. The van der Waals surface area contributed by atoms with Crippen LogP contribution in [0.15, 0.2) is 36.4 Å². The molecule has 2 amide bonds. The van der Waals surface area contributed by atoms with Gasteiger partial charge in [0.15, 0.2) is 11.5 Å². The van der Waals surface area contributed by atoms with Crippen LogP contribution in [0.25, 0.3) is 0 Å². The first-order valence-electron chi connectivity index (χ1n) is 7.16. The van der Waals surface area contributed by atoms with Crippen molar-refractivity contribution in [2.75, 3.05) is 26.6 Å². The molecule has 7 heteroatoms. The second kappa shape index (κ2) is 8.31. The van der Waals surface area contributed by atoms with E-state index in [1.54, 1.807) is 19.2 Å². The van der Waals surface area contributed by atoms with Crippen molar-refractivity contribution < 1.29 is 19.0 Å². The van der Waals surface area contributed by atoms with Crippen molar-refractivity contribution in [2.45, 2.75) is 6.54 Å². The monoisotopic (exact) mass is 350 g/mol. The van der Waals surface area contributed by atoms with Crippen molar-refractivity contribution in [1.82, 2.24) is 5.32 Å². The molecule has 24 heavy (non-hydrogen) atoms. The van der Waals surface area contributed by atoms with E-state index >= 15 is 0 Å². The Morgan fingerprint density at radius 3 is 2.42 bits per heavy atom. The molecule has 128 valence electrons. The summed E-state index contributed by atoms with van der Waals surface area (Å²) in [5.74, 6) is 1.70. The summed E-state index contributed by atoms with van der Waals surface area (Å²) in [5, 5.41) is 5.79. The highest BCUT2D eigenvalue weighted by Crippen LogP contribution is 2.35. The molecule has 0 atom stereocenters. The standard InChI is InChI=1S/C17H19ClN2O4/c1-22-12-6-4-5-11(7-12)10-19-17(21)20-14-9-16(24-3)15(23-2)8-13(14)18/h4-9H,10H2,1-3H3,(H2,19,20,21). The highest BCUT2D eigenvalue weighted by Gasteiger charge is 2.12. The molecule has 0 saturated heterocycles. The highest BCUT2D eigenvalue weighted by molar-refractivity contribution is 6.34. The van der Waals surface area contributed by atoms with Crippen molar-refractivity contribution in [3.05, 3.63) is 47.0 Å². The van der Waals surface area contributed by atoms with Gasteiger partial charge in [-0.15, -0.1) is 0 Å². The van der Waals surface area contributed by atoms with Crippen LogP contribution in [0, 0.1) is 0 Å². The molecule has 0 aliphatic heterocycles. The van der Waals surface area contributed by atoms with Gasteiger partial charge in [0.05, 0.1) is 32.0 Å². The Hall–Kier alpha value is -2.60. The lowest BCUT2D eigenvalue weighted by Gasteiger charge is -2.13. The summed E-state index contributed by atoms with van der Waals surface area (Å²) < 4.78 is 15.5. The maximum atomic E-state index is 12.1. The molecule has 2 aromatic carbocycles. The Bertz CT molecular complexity index is 722. The van der Waals surface area contributed by atoms with Crippen molar-refractivity contribution in [1.29, 1.82) is 0 Å². The van der Waals surface area contributed by atoms with Gasteiger partial charge in [0.2, 0.25) is 0 Å². The third-order valence-electron chi connectivity index (χ3n) is 3.31. The molecule has 6 nitrogen and oxygen atoms in total. The van der Waals surface area contributed by atoms with E-state index < -0.39 is 0 Å². The van der Waals surface area contributed by atoms with Gasteiger partial charge in [-0.2, -0.15) is 0 Å². The number of methoxy groups -OCH3 is 3.